The van der Waals surface area contributed by atoms with Gasteiger partial charge in [0.2, 0.25) is 0 Å². The van der Waals surface area contributed by atoms with E-state index in [0.717, 1.165) is 13.0 Å². The summed E-state index contributed by atoms with van der Waals surface area (Å²) in [6.45, 7) is 15.1. The molecule has 0 bridgehead atoms. The number of aromatic nitrogens is 1. The second kappa shape index (κ2) is 8.45. The number of rotatable bonds is 5. The van der Waals surface area contributed by atoms with Crippen LogP contribution in [0.2, 0.25) is 0 Å². The zero-order valence-corrected chi connectivity index (χ0v) is 19.3. The van der Waals surface area contributed by atoms with Crippen molar-refractivity contribution < 1.29 is 10.6 Å². The molecule has 0 saturated carbocycles. The van der Waals surface area contributed by atoms with Gasteiger partial charge in [-0.2, -0.15) is 0 Å². The third-order valence-electron chi connectivity index (χ3n) is 5.94. The number of nitrogens with zero attached hydrogens (tertiary/aromatic N) is 1. The van der Waals surface area contributed by atoms with E-state index in [1.54, 1.807) is 12.1 Å². The average Bonchev–Trinajstić information content (AvgIpc) is 3.01. The maximum absolute atomic E-state index is 9.69. The largest absolute Gasteiger partial charge is 0.508 e. The van der Waals surface area contributed by atoms with Crippen molar-refractivity contribution >= 4 is 22.7 Å². The number of para-hydroxylation sites is 1. The van der Waals surface area contributed by atoms with E-state index in [1.807, 2.05) is 23.9 Å². The normalized spacial score (nSPS) is 12.8. The lowest BCUT2D eigenvalue weighted by Crippen LogP contribution is -2.51. The number of thioether (sulfide) groups is 1. The highest BCUT2D eigenvalue weighted by Gasteiger charge is 2.51. The average molecular weight is 414 g/mol. The lowest BCUT2D eigenvalue weighted by Gasteiger charge is -2.53. The lowest BCUT2D eigenvalue weighted by molar-refractivity contribution is 0.127. The number of hydrogen-bond acceptors (Lipinski definition) is 2. The molecule has 0 fully saturated rings. The first kappa shape index (κ1) is 23.4. The van der Waals surface area contributed by atoms with Crippen LogP contribution in [0.1, 0.15) is 48.0 Å². The van der Waals surface area contributed by atoms with Crippen molar-refractivity contribution in [3.8, 4) is 5.75 Å². The molecule has 3 aromatic rings. The van der Waals surface area contributed by atoms with Crippen molar-refractivity contribution in [1.29, 1.82) is 0 Å². The van der Waals surface area contributed by atoms with Crippen LogP contribution in [0.5, 0.6) is 5.75 Å². The monoisotopic (exact) mass is 413 g/mol. The third-order valence-corrected chi connectivity index (χ3v) is 8.22. The van der Waals surface area contributed by atoms with Crippen molar-refractivity contribution in [2.24, 2.45) is 10.8 Å². The van der Waals surface area contributed by atoms with E-state index in [4.69, 9.17) is 0 Å². The molecular formula is C25H35NO2S. The molecule has 2 aromatic carbocycles. The Morgan fingerprint density at radius 1 is 0.828 bits per heavy atom. The van der Waals surface area contributed by atoms with E-state index in [9.17, 15) is 5.11 Å². The Balaban J connectivity index is 0.00000300. The zero-order valence-electron chi connectivity index (χ0n) is 18.5. The number of benzene rings is 2. The van der Waals surface area contributed by atoms with Gasteiger partial charge in [-0.3, -0.25) is 0 Å². The van der Waals surface area contributed by atoms with Gasteiger partial charge in [-0.15, -0.1) is 11.8 Å². The van der Waals surface area contributed by atoms with E-state index in [2.05, 4.69) is 82.6 Å². The third kappa shape index (κ3) is 4.65. The molecule has 0 aliphatic carbocycles. The maximum Gasteiger partial charge on any atom is 0.115 e. The van der Waals surface area contributed by atoms with Gasteiger partial charge in [-0.25, -0.2) is 0 Å². The summed E-state index contributed by atoms with van der Waals surface area (Å²) < 4.78 is 2.40. The molecule has 29 heavy (non-hydrogen) atoms. The summed E-state index contributed by atoms with van der Waals surface area (Å²) >= 11 is 1.96. The van der Waals surface area contributed by atoms with E-state index in [0.29, 0.717) is 5.75 Å². The first-order chi connectivity index (χ1) is 13.0. The Morgan fingerprint density at radius 3 is 2.00 bits per heavy atom. The molecule has 0 saturated heterocycles. The molecule has 3 nitrogen and oxygen atoms in total. The molecule has 3 N–H and O–H groups in total. The molecule has 0 radical (unpaired) electrons. The van der Waals surface area contributed by atoms with Gasteiger partial charge in [0.05, 0.1) is 0 Å². The Labute approximate surface area is 179 Å². The summed E-state index contributed by atoms with van der Waals surface area (Å²) in [5.41, 5.74) is 1.49. The number of aromatic hydroxyl groups is 1. The molecule has 158 valence electrons. The van der Waals surface area contributed by atoms with Gasteiger partial charge in [0, 0.05) is 27.9 Å². The maximum atomic E-state index is 9.69. The molecule has 0 amide bonds. The van der Waals surface area contributed by atoms with Crippen molar-refractivity contribution in [2.45, 2.75) is 64.2 Å². The number of phenolic OH excluding ortho intramolecular Hbond substituents is 1. The second-order valence-corrected chi connectivity index (χ2v) is 11.1. The molecule has 1 aromatic heterocycles. The van der Waals surface area contributed by atoms with E-state index in [-0.39, 0.29) is 21.1 Å². The van der Waals surface area contributed by atoms with Crippen LogP contribution >= 0.6 is 11.8 Å². The SMILES string of the molecule is CC(C)(C)C(CCn1ccc2ccccc21)(Sc1ccc(O)cc1)C(C)(C)C.O. The molecular weight excluding hydrogens is 378 g/mol. The fourth-order valence-electron chi connectivity index (χ4n) is 4.56. The highest BCUT2D eigenvalue weighted by atomic mass is 32.2. The van der Waals surface area contributed by atoms with E-state index in [1.165, 1.54) is 15.8 Å². The summed E-state index contributed by atoms with van der Waals surface area (Å²) in [6, 6.07) is 18.5. The topological polar surface area (TPSA) is 56.7 Å². The van der Waals surface area contributed by atoms with Crippen LogP contribution in [-0.4, -0.2) is 19.9 Å². The fraction of sp³-hybridized carbons (Fsp3) is 0.440. The van der Waals surface area contributed by atoms with Crippen LogP contribution in [0.25, 0.3) is 10.9 Å². The highest BCUT2D eigenvalue weighted by molar-refractivity contribution is 8.00. The molecule has 4 heteroatoms. The Hall–Kier alpha value is -1.91. The van der Waals surface area contributed by atoms with Gasteiger partial charge in [0.1, 0.15) is 5.75 Å². The minimum absolute atomic E-state index is 0. The Kier molecular flexibility index (Phi) is 6.81. The van der Waals surface area contributed by atoms with Crippen LogP contribution in [-0.2, 0) is 6.54 Å². The minimum Gasteiger partial charge on any atom is -0.508 e. The summed E-state index contributed by atoms with van der Waals surface area (Å²) in [6.07, 6.45) is 3.27. The molecule has 0 aliphatic heterocycles. The van der Waals surface area contributed by atoms with Gasteiger partial charge in [0.25, 0.3) is 0 Å². The lowest BCUT2D eigenvalue weighted by atomic mass is 9.64. The number of aryl methyl sites for hydroxylation is 1. The first-order valence-corrected chi connectivity index (χ1v) is 10.9. The molecule has 1 heterocycles. The number of phenols is 1. The Morgan fingerprint density at radius 2 is 1.41 bits per heavy atom. The smallest absolute Gasteiger partial charge is 0.115 e. The van der Waals surface area contributed by atoms with Crippen LogP contribution in [0.3, 0.4) is 0 Å². The van der Waals surface area contributed by atoms with Crippen molar-refractivity contribution in [3.63, 3.8) is 0 Å². The Bertz CT molecular complexity index is 916. The quantitative estimate of drug-likeness (QED) is 0.483. The van der Waals surface area contributed by atoms with Gasteiger partial charge in [0.15, 0.2) is 0 Å². The first-order valence-electron chi connectivity index (χ1n) is 10.1. The number of fused-ring (bicyclic) bond motifs is 1. The molecule has 0 aliphatic rings. The minimum atomic E-state index is 0. The summed E-state index contributed by atoms with van der Waals surface area (Å²) in [5, 5.41) is 11.0. The van der Waals surface area contributed by atoms with Crippen LogP contribution in [0, 0.1) is 10.8 Å². The van der Waals surface area contributed by atoms with E-state index >= 15 is 0 Å². The summed E-state index contributed by atoms with van der Waals surface area (Å²) in [4.78, 5) is 1.21. The molecule has 0 spiro atoms. The van der Waals surface area contributed by atoms with Gasteiger partial charge >= 0.3 is 0 Å². The van der Waals surface area contributed by atoms with Crippen molar-refractivity contribution in [2.75, 3.05) is 0 Å². The van der Waals surface area contributed by atoms with Crippen molar-refractivity contribution in [1.82, 2.24) is 4.57 Å². The van der Waals surface area contributed by atoms with Crippen LogP contribution in [0.4, 0.5) is 0 Å². The summed E-state index contributed by atoms with van der Waals surface area (Å²) in [7, 11) is 0. The fourth-order valence-corrected chi connectivity index (χ4v) is 6.04. The van der Waals surface area contributed by atoms with Crippen molar-refractivity contribution in [3.05, 3.63) is 60.8 Å². The predicted octanol–water partition coefficient (Wildman–Crippen LogP) is 6.54. The van der Waals surface area contributed by atoms with Crippen LogP contribution in [0.15, 0.2) is 65.7 Å². The summed E-state index contributed by atoms with van der Waals surface area (Å²) in [5.74, 6) is 0.320. The standard InChI is InChI=1S/C25H33NOS.H2O/c1-23(2,3)25(24(4,5)6,28-21-13-11-20(27)12-14-21)16-18-26-17-15-19-9-7-8-10-22(19)26;/h7-15,17,27H,16,18H2,1-6H3;1H2. The van der Waals surface area contributed by atoms with Gasteiger partial charge < -0.3 is 15.1 Å². The molecule has 0 unspecified atom stereocenters. The van der Waals surface area contributed by atoms with Gasteiger partial charge in [-0.05, 0) is 59.0 Å². The highest BCUT2D eigenvalue weighted by Crippen LogP contribution is 2.58. The predicted molar refractivity (Wildman–Crippen MR) is 126 cm³/mol. The number of hydrogen-bond donors (Lipinski definition) is 1. The van der Waals surface area contributed by atoms with E-state index < -0.39 is 0 Å². The van der Waals surface area contributed by atoms with Crippen LogP contribution < -0.4 is 0 Å². The molecule has 3 rings (SSSR count). The second-order valence-electron chi connectivity index (χ2n) is 9.74. The van der Waals surface area contributed by atoms with Gasteiger partial charge in [-0.1, -0.05) is 59.7 Å². The molecule has 0 atom stereocenters. The zero-order chi connectivity index (χ0) is 20.6.